The van der Waals surface area contributed by atoms with Crippen LogP contribution in [0.3, 0.4) is 0 Å². The maximum atomic E-state index is 5.98. The number of furan rings is 1. The SMILES string of the molecule is I.NC(=NCCc1nc(-c2ccco2)n[nH]1)Nc1ccc2c(c1)CCC2. The normalized spacial score (nSPS) is 13.3. The van der Waals surface area contributed by atoms with Gasteiger partial charge in [0.05, 0.1) is 6.26 Å². The number of benzene rings is 1. The molecule has 1 aliphatic rings. The van der Waals surface area contributed by atoms with Gasteiger partial charge in [-0.1, -0.05) is 6.07 Å². The molecule has 4 N–H and O–H groups in total. The standard InChI is InChI=1S/C18H20N6O.HI/c19-18(21-14-7-6-12-3-1-4-13(12)11-14)20-9-8-16-22-17(24-23-16)15-5-2-10-25-15;/h2,5-7,10-11H,1,3-4,8-9H2,(H3,19,20,21)(H,22,23,24);1H. The molecule has 26 heavy (non-hydrogen) atoms. The molecule has 0 aliphatic heterocycles. The third-order valence-corrected chi connectivity index (χ3v) is 4.27. The summed E-state index contributed by atoms with van der Waals surface area (Å²) in [5.74, 6) is 2.35. The average Bonchev–Trinajstić information content (AvgIpc) is 3.35. The third kappa shape index (κ3) is 4.24. The molecule has 136 valence electrons. The van der Waals surface area contributed by atoms with Gasteiger partial charge < -0.3 is 15.5 Å². The summed E-state index contributed by atoms with van der Waals surface area (Å²) in [6.45, 7) is 0.524. The number of guanidine groups is 1. The lowest BCUT2D eigenvalue weighted by Crippen LogP contribution is -2.23. The molecule has 4 rings (SSSR count). The van der Waals surface area contributed by atoms with Crippen LogP contribution in [0.5, 0.6) is 0 Å². The number of halogens is 1. The molecule has 0 saturated heterocycles. The number of rotatable bonds is 5. The predicted octanol–water partition coefficient (Wildman–Crippen LogP) is 3.14. The van der Waals surface area contributed by atoms with Gasteiger partial charge in [-0.25, -0.2) is 4.98 Å². The Kier molecular flexibility index (Phi) is 5.92. The molecule has 0 amide bonds. The Morgan fingerprint density at radius 3 is 3.00 bits per heavy atom. The Balaban J connectivity index is 0.00000196. The molecule has 0 unspecified atom stereocenters. The summed E-state index contributed by atoms with van der Waals surface area (Å²) in [6, 6.07) is 10.0. The lowest BCUT2D eigenvalue weighted by Gasteiger charge is -2.07. The van der Waals surface area contributed by atoms with Crippen LogP contribution in [-0.2, 0) is 19.3 Å². The van der Waals surface area contributed by atoms with Crippen molar-refractivity contribution >= 4 is 35.6 Å². The zero-order chi connectivity index (χ0) is 17.1. The van der Waals surface area contributed by atoms with Crippen LogP contribution in [0, 0.1) is 0 Å². The number of fused-ring (bicyclic) bond motifs is 1. The van der Waals surface area contributed by atoms with Gasteiger partial charge in [-0.05, 0) is 54.7 Å². The fourth-order valence-corrected chi connectivity index (χ4v) is 3.04. The molecule has 1 aromatic carbocycles. The van der Waals surface area contributed by atoms with Crippen molar-refractivity contribution in [2.24, 2.45) is 10.7 Å². The number of nitrogens with one attached hydrogen (secondary N) is 2. The molecule has 2 heterocycles. The van der Waals surface area contributed by atoms with Gasteiger partial charge in [0.2, 0.25) is 5.82 Å². The first-order valence-corrected chi connectivity index (χ1v) is 8.42. The lowest BCUT2D eigenvalue weighted by atomic mass is 10.1. The number of aromatic nitrogens is 3. The van der Waals surface area contributed by atoms with Crippen LogP contribution >= 0.6 is 24.0 Å². The molecule has 1 aliphatic carbocycles. The van der Waals surface area contributed by atoms with Crippen molar-refractivity contribution in [2.75, 3.05) is 11.9 Å². The highest BCUT2D eigenvalue weighted by molar-refractivity contribution is 14.0. The molecule has 3 aromatic rings. The number of nitrogens with two attached hydrogens (primary N) is 1. The van der Waals surface area contributed by atoms with Crippen LogP contribution in [0.4, 0.5) is 5.69 Å². The molecule has 0 spiro atoms. The second kappa shape index (κ2) is 8.35. The van der Waals surface area contributed by atoms with E-state index >= 15 is 0 Å². The van der Waals surface area contributed by atoms with Crippen LogP contribution in [0.2, 0.25) is 0 Å². The molecular formula is C18H21IN6O. The first-order chi connectivity index (χ1) is 12.3. The summed E-state index contributed by atoms with van der Waals surface area (Å²) in [6.07, 6.45) is 5.78. The van der Waals surface area contributed by atoms with E-state index in [1.165, 1.54) is 24.0 Å². The summed E-state index contributed by atoms with van der Waals surface area (Å²) in [7, 11) is 0. The van der Waals surface area contributed by atoms with E-state index in [0.717, 1.165) is 17.9 Å². The number of aryl methyl sites for hydroxylation is 2. The first kappa shape index (κ1) is 18.4. The van der Waals surface area contributed by atoms with Crippen molar-refractivity contribution < 1.29 is 4.42 Å². The van der Waals surface area contributed by atoms with Gasteiger partial charge in [-0.15, -0.1) is 24.0 Å². The Morgan fingerprint density at radius 1 is 1.27 bits per heavy atom. The molecule has 8 heteroatoms. The van der Waals surface area contributed by atoms with Crippen LogP contribution < -0.4 is 11.1 Å². The predicted molar refractivity (Wildman–Crippen MR) is 112 cm³/mol. The van der Waals surface area contributed by atoms with Gasteiger partial charge in [0.25, 0.3) is 0 Å². The first-order valence-electron chi connectivity index (χ1n) is 8.42. The number of anilines is 1. The van der Waals surface area contributed by atoms with E-state index in [9.17, 15) is 0 Å². The van der Waals surface area contributed by atoms with Crippen molar-refractivity contribution in [3.8, 4) is 11.6 Å². The molecule has 0 bridgehead atoms. The number of nitrogens with zero attached hydrogens (tertiary/aromatic N) is 3. The number of aliphatic imine (C=N–C) groups is 1. The molecule has 0 fully saturated rings. The maximum absolute atomic E-state index is 5.98. The van der Waals surface area contributed by atoms with Crippen molar-refractivity contribution in [1.29, 1.82) is 0 Å². The van der Waals surface area contributed by atoms with Gasteiger partial charge >= 0.3 is 0 Å². The number of H-pyrrole nitrogens is 1. The van der Waals surface area contributed by atoms with E-state index in [-0.39, 0.29) is 24.0 Å². The smallest absolute Gasteiger partial charge is 0.216 e. The van der Waals surface area contributed by atoms with E-state index in [1.807, 2.05) is 6.07 Å². The van der Waals surface area contributed by atoms with Gasteiger partial charge in [-0.2, -0.15) is 5.10 Å². The van der Waals surface area contributed by atoms with Crippen molar-refractivity contribution in [3.05, 3.63) is 53.5 Å². The minimum Gasteiger partial charge on any atom is -0.461 e. The summed E-state index contributed by atoms with van der Waals surface area (Å²) in [5.41, 5.74) is 9.81. The van der Waals surface area contributed by atoms with Crippen molar-refractivity contribution in [3.63, 3.8) is 0 Å². The molecule has 2 aromatic heterocycles. The third-order valence-electron chi connectivity index (χ3n) is 4.27. The van der Waals surface area contributed by atoms with E-state index in [0.29, 0.717) is 30.5 Å². The highest BCUT2D eigenvalue weighted by Crippen LogP contribution is 2.24. The average molecular weight is 464 g/mol. The second-order valence-electron chi connectivity index (χ2n) is 6.06. The zero-order valence-corrected chi connectivity index (χ0v) is 16.6. The Hall–Kier alpha value is -2.36. The Morgan fingerprint density at radius 2 is 2.15 bits per heavy atom. The largest absolute Gasteiger partial charge is 0.461 e. The second-order valence-corrected chi connectivity index (χ2v) is 6.06. The van der Waals surface area contributed by atoms with E-state index in [1.54, 1.807) is 12.3 Å². The molecule has 0 saturated carbocycles. The van der Waals surface area contributed by atoms with Gasteiger partial charge in [0, 0.05) is 18.7 Å². The highest BCUT2D eigenvalue weighted by Gasteiger charge is 2.11. The van der Waals surface area contributed by atoms with Crippen molar-refractivity contribution in [1.82, 2.24) is 15.2 Å². The molecular weight excluding hydrogens is 443 g/mol. The number of hydrogen-bond donors (Lipinski definition) is 3. The van der Waals surface area contributed by atoms with Crippen LogP contribution in [0.25, 0.3) is 11.6 Å². The minimum absolute atomic E-state index is 0. The Bertz CT molecular complexity index is 887. The van der Waals surface area contributed by atoms with Gasteiger partial charge in [0.1, 0.15) is 5.82 Å². The van der Waals surface area contributed by atoms with Crippen LogP contribution in [0.15, 0.2) is 46.0 Å². The van der Waals surface area contributed by atoms with Gasteiger partial charge in [-0.3, -0.25) is 10.1 Å². The van der Waals surface area contributed by atoms with Crippen molar-refractivity contribution in [2.45, 2.75) is 25.7 Å². The fourth-order valence-electron chi connectivity index (χ4n) is 3.04. The summed E-state index contributed by atoms with van der Waals surface area (Å²) in [4.78, 5) is 8.73. The quantitative estimate of drug-likeness (QED) is 0.306. The minimum atomic E-state index is 0. The number of hydrogen-bond acceptors (Lipinski definition) is 4. The van der Waals surface area contributed by atoms with Crippen LogP contribution in [-0.4, -0.2) is 27.7 Å². The molecule has 7 nitrogen and oxygen atoms in total. The molecule has 0 radical (unpaired) electrons. The van der Waals surface area contributed by atoms with E-state index in [2.05, 4.69) is 43.7 Å². The Labute approximate surface area is 168 Å². The lowest BCUT2D eigenvalue weighted by molar-refractivity contribution is 0.577. The number of aromatic amines is 1. The summed E-state index contributed by atoms with van der Waals surface area (Å²) in [5, 5.41) is 10.2. The van der Waals surface area contributed by atoms with Gasteiger partial charge in [0.15, 0.2) is 11.7 Å². The zero-order valence-electron chi connectivity index (χ0n) is 14.2. The van der Waals surface area contributed by atoms with E-state index in [4.69, 9.17) is 10.2 Å². The monoisotopic (exact) mass is 464 g/mol. The highest BCUT2D eigenvalue weighted by atomic mass is 127. The maximum Gasteiger partial charge on any atom is 0.216 e. The topological polar surface area (TPSA) is 105 Å². The fraction of sp³-hybridized carbons (Fsp3) is 0.278. The summed E-state index contributed by atoms with van der Waals surface area (Å²) < 4.78 is 5.27. The van der Waals surface area contributed by atoms with E-state index < -0.39 is 0 Å². The summed E-state index contributed by atoms with van der Waals surface area (Å²) >= 11 is 0. The van der Waals surface area contributed by atoms with Crippen LogP contribution in [0.1, 0.15) is 23.4 Å². The molecule has 0 atom stereocenters.